The SMILES string of the molecule is CCCCOc1ccc(C=C2N=C(c3ccccc3Br)OC2=O)cc1. The molecule has 2 aromatic rings. The van der Waals surface area contributed by atoms with Crippen LogP contribution in [0.5, 0.6) is 5.75 Å². The summed E-state index contributed by atoms with van der Waals surface area (Å²) < 4.78 is 11.8. The number of benzene rings is 2. The molecule has 0 fully saturated rings. The molecule has 25 heavy (non-hydrogen) atoms. The van der Waals surface area contributed by atoms with Gasteiger partial charge in [0, 0.05) is 4.47 Å². The van der Waals surface area contributed by atoms with Crippen molar-refractivity contribution in [1.82, 2.24) is 0 Å². The first-order valence-electron chi connectivity index (χ1n) is 8.17. The Kier molecular flexibility index (Phi) is 5.66. The van der Waals surface area contributed by atoms with E-state index < -0.39 is 5.97 Å². The van der Waals surface area contributed by atoms with Crippen LogP contribution in [0.3, 0.4) is 0 Å². The van der Waals surface area contributed by atoms with Crippen LogP contribution in [0.4, 0.5) is 0 Å². The molecule has 0 saturated heterocycles. The molecule has 1 aliphatic rings. The van der Waals surface area contributed by atoms with E-state index in [1.54, 1.807) is 6.08 Å². The van der Waals surface area contributed by atoms with Gasteiger partial charge in [0.2, 0.25) is 5.90 Å². The molecule has 0 aromatic heterocycles. The van der Waals surface area contributed by atoms with Crippen LogP contribution in [0.2, 0.25) is 0 Å². The lowest BCUT2D eigenvalue weighted by Crippen LogP contribution is -2.05. The number of hydrogen-bond donors (Lipinski definition) is 0. The molecular formula is C20H18BrNO3. The van der Waals surface area contributed by atoms with E-state index in [4.69, 9.17) is 9.47 Å². The second-order valence-electron chi connectivity index (χ2n) is 5.59. The third kappa shape index (κ3) is 4.37. The van der Waals surface area contributed by atoms with Crippen LogP contribution < -0.4 is 4.74 Å². The zero-order valence-electron chi connectivity index (χ0n) is 13.9. The van der Waals surface area contributed by atoms with Crippen molar-refractivity contribution in [3.8, 4) is 5.75 Å². The van der Waals surface area contributed by atoms with Crippen molar-refractivity contribution < 1.29 is 14.3 Å². The molecule has 5 heteroatoms. The average molecular weight is 400 g/mol. The molecule has 2 aromatic carbocycles. The summed E-state index contributed by atoms with van der Waals surface area (Å²) in [5.74, 6) is 0.680. The first-order valence-corrected chi connectivity index (χ1v) is 8.97. The Morgan fingerprint density at radius 3 is 2.64 bits per heavy atom. The number of aliphatic imine (C=N–C) groups is 1. The number of halogens is 1. The van der Waals surface area contributed by atoms with Crippen LogP contribution in [0.25, 0.3) is 6.08 Å². The van der Waals surface area contributed by atoms with Crippen molar-refractivity contribution in [2.24, 2.45) is 4.99 Å². The van der Waals surface area contributed by atoms with Crippen LogP contribution in [0, 0.1) is 0 Å². The molecule has 128 valence electrons. The Hall–Kier alpha value is -2.40. The summed E-state index contributed by atoms with van der Waals surface area (Å²) in [4.78, 5) is 16.4. The number of cyclic esters (lactones) is 1. The summed E-state index contributed by atoms with van der Waals surface area (Å²) >= 11 is 3.44. The van der Waals surface area contributed by atoms with Gasteiger partial charge in [-0.2, -0.15) is 0 Å². The van der Waals surface area contributed by atoms with Crippen molar-refractivity contribution in [2.75, 3.05) is 6.61 Å². The Labute approximate surface area is 155 Å². The molecule has 0 N–H and O–H groups in total. The van der Waals surface area contributed by atoms with E-state index in [0.29, 0.717) is 12.5 Å². The molecule has 0 radical (unpaired) electrons. The van der Waals surface area contributed by atoms with E-state index in [9.17, 15) is 4.79 Å². The summed E-state index contributed by atoms with van der Waals surface area (Å²) in [7, 11) is 0. The maximum Gasteiger partial charge on any atom is 0.363 e. The van der Waals surface area contributed by atoms with E-state index in [2.05, 4.69) is 27.8 Å². The van der Waals surface area contributed by atoms with Gasteiger partial charge in [0.1, 0.15) is 5.75 Å². The monoisotopic (exact) mass is 399 g/mol. The lowest BCUT2D eigenvalue weighted by Gasteiger charge is -2.05. The fraction of sp³-hybridized carbons (Fsp3) is 0.200. The summed E-state index contributed by atoms with van der Waals surface area (Å²) in [6.07, 6.45) is 3.84. The number of carbonyl (C=O) groups is 1. The Balaban J connectivity index is 1.77. The topological polar surface area (TPSA) is 47.9 Å². The van der Waals surface area contributed by atoms with Gasteiger partial charge in [0.05, 0.1) is 12.2 Å². The third-order valence-electron chi connectivity index (χ3n) is 3.67. The number of ether oxygens (including phenoxy) is 2. The van der Waals surface area contributed by atoms with Crippen molar-refractivity contribution in [2.45, 2.75) is 19.8 Å². The molecule has 0 aliphatic carbocycles. The van der Waals surface area contributed by atoms with E-state index in [0.717, 1.165) is 34.2 Å². The minimum Gasteiger partial charge on any atom is -0.494 e. The normalized spacial score (nSPS) is 15.2. The van der Waals surface area contributed by atoms with Crippen LogP contribution in [0.15, 0.2) is 63.7 Å². The highest BCUT2D eigenvalue weighted by Crippen LogP contribution is 2.24. The maximum atomic E-state index is 12.1. The van der Waals surface area contributed by atoms with Gasteiger partial charge in [-0.3, -0.25) is 0 Å². The molecule has 0 spiro atoms. The highest BCUT2D eigenvalue weighted by molar-refractivity contribution is 9.10. The Morgan fingerprint density at radius 1 is 1.16 bits per heavy atom. The maximum absolute atomic E-state index is 12.1. The lowest BCUT2D eigenvalue weighted by molar-refractivity contribution is -0.129. The van der Waals surface area contributed by atoms with Gasteiger partial charge in [0.25, 0.3) is 0 Å². The minimum atomic E-state index is -0.450. The fourth-order valence-electron chi connectivity index (χ4n) is 2.31. The Bertz CT molecular complexity index is 825. The highest BCUT2D eigenvalue weighted by atomic mass is 79.9. The smallest absolute Gasteiger partial charge is 0.363 e. The second-order valence-corrected chi connectivity index (χ2v) is 6.44. The van der Waals surface area contributed by atoms with Crippen molar-refractivity contribution in [3.63, 3.8) is 0 Å². The van der Waals surface area contributed by atoms with Gasteiger partial charge in [-0.05, 0) is 58.3 Å². The summed E-state index contributed by atoms with van der Waals surface area (Å²) in [6.45, 7) is 2.84. The molecule has 1 aliphatic heterocycles. The van der Waals surface area contributed by atoms with Crippen molar-refractivity contribution in [3.05, 3.63) is 69.8 Å². The molecular weight excluding hydrogens is 382 g/mol. The van der Waals surface area contributed by atoms with Crippen LogP contribution >= 0.6 is 15.9 Å². The fourth-order valence-corrected chi connectivity index (χ4v) is 2.77. The van der Waals surface area contributed by atoms with Gasteiger partial charge in [-0.25, -0.2) is 9.79 Å². The van der Waals surface area contributed by atoms with Crippen molar-refractivity contribution in [1.29, 1.82) is 0 Å². The Morgan fingerprint density at radius 2 is 1.92 bits per heavy atom. The van der Waals surface area contributed by atoms with Gasteiger partial charge in [-0.1, -0.05) is 37.6 Å². The van der Waals surface area contributed by atoms with E-state index in [-0.39, 0.29) is 5.70 Å². The molecule has 3 rings (SSSR count). The predicted molar refractivity (Wildman–Crippen MR) is 102 cm³/mol. The molecule has 0 saturated carbocycles. The first-order chi connectivity index (χ1) is 12.2. The number of hydrogen-bond acceptors (Lipinski definition) is 4. The van der Waals surface area contributed by atoms with Crippen molar-refractivity contribution >= 4 is 33.9 Å². The minimum absolute atomic E-state index is 0.283. The van der Waals surface area contributed by atoms with Gasteiger partial charge < -0.3 is 9.47 Å². The number of rotatable bonds is 6. The van der Waals surface area contributed by atoms with E-state index in [1.165, 1.54) is 0 Å². The molecule has 1 heterocycles. The lowest BCUT2D eigenvalue weighted by atomic mass is 10.2. The number of esters is 1. The quantitative estimate of drug-likeness (QED) is 0.391. The van der Waals surface area contributed by atoms with Gasteiger partial charge in [-0.15, -0.1) is 0 Å². The standard InChI is InChI=1S/C20H18BrNO3/c1-2-3-12-24-15-10-8-14(9-11-15)13-18-20(23)25-19(22-18)16-6-4-5-7-17(16)21/h4-11,13H,2-3,12H2,1H3. The predicted octanol–water partition coefficient (Wildman–Crippen LogP) is 4.97. The first kappa shape index (κ1) is 17.4. The van der Waals surface area contributed by atoms with Gasteiger partial charge in [0.15, 0.2) is 5.70 Å². The van der Waals surface area contributed by atoms with Crippen LogP contribution in [-0.4, -0.2) is 18.5 Å². The number of unbranched alkanes of at least 4 members (excludes halogenated alkanes) is 1. The van der Waals surface area contributed by atoms with Gasteiger partial charge >= 0.3 is 5.97 Å². The summed E-state index contributed by atoms with van der Waals surface area (Å²) in [5, 5.41) is 0. The average Bonchev–Trinajstić information content (AvgIpc) is 2.97. The zero-order chi connectivity index (χ0) is 17.6. The zero-order valence-corrected chi connectivity index (χ0v) is 15.5. The molecule has 0 unspecified atom stereocenters. The molecule has 0 bridgehead atoms. The van der Waals surface area contributed by atoms with E-state index >= 15 is 0 Å². The molecule has 4 nitrogen and oxygen atoms in total. The highest BCUT2D eigenvalue weighted by Gasteiger charge is 2.25. The summed E-state index contributed by atoms with van der Waals surface area (Å²) in [5.41, 5.74) is 1.90. The summed E-state index contributed by atoms with van der Waals surface area (Å²) in [6, 6.07) is 15.1. The molecule has 0 atom stereocenters. The largest absolute Gasteiger partial charge is 0.494 e. The number of carbonyl (C=O) groups excluding carboxylic acids is 1. The van der Waals surface area contributed by atoms with Crippen LogP contribution in [0.1, 0.15) is 30.9 Å². The molecule has 0 amide bonds. The van der Waals surface area contributed by atoms with E-state index in [1.807, 2.05) is 48.5 Å². The number of nitrogens with zero attached hydrogens (tertiary/aromatic N) is 1. The third-order valence-corrected chi connectivity index (χ3v) is 4.37. The van der Waals surface area contributed by atoms with Crippen LogP contribution in [-0.2, 0) is 9.53 Å². The second kappa shape index (κ2) is 8.12.